The molecule has 0 saturated heterocycles. The van der Waals surface area contributed by atoms with Crippen LogP contribution >= 0.6 is 0 Å². The zero-order valence-corrected chi connectivity index (χ0v) is 39.4. The van der Waals surface area contributed by atoms with Gasteiger partial charge in [0.25, 0.3) is 0 Å². The maximum Gasteiger partial charge on any atom is 3.00 e. The van der Waals surface area contributed by atoms with Crippen LogP contribution in [0.15, 0.2) is 148 Å². The summed E-state index contributed by atoms with van der Waals surface area (Å²) in [6, 6.07) is 49.9. The van der Waals surface area contributed by atoms with Crippen molar-refractivity contribution < 1.29 is 33.5 Å². The summed E-state index contributed by atoms with van der Waals surface area (Å²) in [4.78, 5) is 4.98. The Labute approximate surface area is 365 Å². The van der Waals surface area contributed by atoms with E-state index in [1.54, 1.807) is 0 Å². The molecule has 0 aliphatic rings. The van der Waals surface area contributed by atoms with E-state index in [0.29, 0.717) is 17.7 Å². The third-order valence-electron chi connectivity index (χ3n) is 11.0. The van der Waals surface area contributed by atoms with Gasteiger partial charge in [-0.3, -0.25) is 0 Å². The van der Waals surface area contributed by atoms with E-state index >= 15 is 0 Å². The summed E-state index contributed by atoms with van der Waals surface area (Å²) in [6.07, 6.45) is 1.93. The third-order valence-corrected chi connectivity index (χ3v) is 15.3. The van der Waals surface area contributed by atoms with Crippen LogP contribution in [0.25, 0.3) is 78.0 Å². The molecule has 59 heavy (non-hydrogen) atoms. The molecule has 0 atom stereocenters. The number of aromatic nitrogens is 2. The van der Waals surface area contributed by atoms with Gasteiger partial charge in [-0.2, -0.15) is 18.6 Å². The molecule has 0 aliphatic carbocycles. The molecule has 0 radical (unpaired) electrons. The van der Waals surface area contributed by atoms with Gasteiger partial charge < -0.3 is 8.98 Å². The van der Waals surface area contributed by atoms with Crippen LogP contribution in [0.2, 0.25) is 17.3 Å². The fourth-order valence-corrected chi connectivity index (χ4v) is 10.3. The number of hydrogen-bond donors (Lipinski definition) is 0. The molecule has 0 spiro atoms. The van der Waals surface area contributed by atoms with Crippen molar-refractivity contribution in [1.29, 1.82) is 0 Å². The van der Waals surface area contributed by atoms with Gasteiger partial charge in [0.1, 0.15) is 5.58 Å². The Hall–Kier alpha value is -5.33. The molecule has 9 aromatic rings. The maximum atomic E-state index is 6.68. The molecular formula is C53H50GeIrN2O2+. The van der Waals surface area contributed by atoms with Crippen molar-refractivity contribution in [2.45, 2.75) is 56.8 Å². The molecule has 6 heteroatoms. The molecule has 0 aliphatic heterocycles. The monoisotopic (exact) mass is 1010 g/mol. The van der Waals surface area contributed by atoms with Crippen molar-refractivity contribution in [2.75, 3.05) is 0 Å². The van der Waals surface area contributed by atoms with Crippen molar-refractivity contribution >= 4 is 50.7 Å². The van der Waals surface area contributed by atoms with Gasteiger partial charge in [-0.1, -0.05) is 47.9 Å². The Morgan fingerprint density at radius 1 is 0.661 bits per heavy atom. The molecule has 296 valence electrons. The summed E-state index contributed by atoms with van der Waals surface area (Å²) >= 11 is -1.89. The molecular weight excluding hydrogens is 961 g/mol. The second-order valence-electron chi connectivity index (χ2n) is 16.7. The first-order valence-corrected chi connectivity index (χ1v) is 27.5. The van der Waals surface area contributed by atoms with Gasteiger partial charge in [0.2, 0.25) is 0 Å². The molecule has 0 saturated carbocycles. The first-order valence-electron chi connectivity index (χ1n) is 20.1. The molecule has 0 unspecified atom stereocenters. The molecule has 3 aromatic heterocycles. The first-order chi connectivity index (χ1) is 27.9. The number of nitrogens with zero attached hydrogens (tertiary/aromatic N) is 2. The van der Waals surface area contributed by atoms with Crippen LogP contribution in [0.1, 0.15) is 56.2 Å². The Morgan fingerprint density at radius 2 is 1.32 bits per heavy atom. The smallest absolute Gasteiger partial charge is 0.343 e. The van der Waals surface area contributed by atoms with Crippen molar-refractivity contribution in [3.05, 3.63) is 176 Å². The topological polar surface area (TPSA) is 43.1 Å². The summed E-state index contributed by atoms with van der Waals surface area (Å²) in [6.45, 7) is 13.1. The zero-order chi connectivity index (χ0) is 40.7. The zero-order valence-electron chi connectivity index (χ0n) is 34.9. The summed E-state index contributed by atoms with van der Waals surface area (Å²) in [5, 5.41) is 2.11. The Morgan fingerprint density at radius 3 is 2.00 bits per heavy atom. The van der Waals surface area contributed by atoms with E-state index in [4.69, 9.17) is 13.8 Å². The normalized spacial score (nSPS) is 11.6. The number of benzene rings is 6. The summed E-state index contributed by atoms with van der Waals surface area (Å²) in [5.41, 5.74) is 14.7. The van der Waals surface area contributed by atoms with Gasteiger partial charge in [0, 0.05) is 12.4 Å². The Bertz CT molecular complexity index is 2840. The summed E-state index contributed by atoms with van der Waals surface area (Å²) in [5.74, 6) is 8.50. The van der Waals surface area contributed by atoms with Crippen LogP contribution in [0.4, 0.5) is 0 Å². The largest absolute Gasteiger partial charge is 3.00 e. The molecule has 4 nitrogen and oxygen atoms in total. The van der Waals surface area contributed by atoms with Gasteiger partial charge in [-0.25, -0.2) is 0 Å². The fourth-order valence-electron chi connectivity index (χ4n) is 7.83. The van der Waals surface area contributed by atoms with Gasteiger partial charge in [-0.15, -0.1) is 35.9 Å². The summed E-state index contributed by atoms with van der Waals surface area (Å²) < 4.78 is 16.4. The first kappa shape index (κ1) is 41.8. The quantitative estimate of drug-likeness (QED) is 0.0908. The SMILES string of the molecule is CC(C)c1cc(-c2cc[c]([Ge]([CH3])([CH3])[CH3])cc2)cc(C(C)C)c1-c1cccc2nc(-c3[c-]ccc4c3oc3ccccc34)oc12.[CH2-]c1ccccc1-c1cccc[n+]1[CH2-].[Ir+3]. The van der Waals surface area contributed by atoms with Crippen LogP contribution in [0.5, 0.6) is 0 Å². The molecule has 0 bridgehead atoms. The standard InChI is InChI=1S/C40H38GeNO2.C13H12N.Ir/c1-24(2)33-22-27(26-18-20-28(21-19-26)41(5,6)7)23-34(25(3)4)37(33)31-14-11-16-35-39(31)44-40(42-35)32-15-10-13-30-29-12-8-9-17-36(29)43-38(30)32;1-11-7-3-4-8-12(11)13-9-5-6-10-14(13)2;/h8-14,16-25H,1-7H3;3-10H,1-2H2;/q2*-1;+3. The van der Waals surface area contributed by atoms with E-state index in [2.05, 4.69) is 126 Å². The van der Waals surface area contributed by atoms with Crippen LogP contribution in [0, 0.1) is 20.0 Å². The number of para-hydroxylation sites is 2. The number of oxazole rings is 1. The minimum absolute atomic E-state index is 0. The molecule has 6 aromatic carbocycles. The molecule has 0 amide bonds. The Kier molecular flexibility index (Phi) is 12.1. The Balaban J connectivity index is 0.000000298. The average molecular weight is 1010 g/mol. The van der Waals surface area contributed by atoms with Crippen LogP contribution in [-0.4, -0.2) is 18.3 Å². The van der Waals surface area contributed by atoms with Crippen molar-refractivity contribution in [3.8, 4) is 45.0 Å². The van der Waals surface area contributed by atoms with Gasteiger partial charge >= 0.3 is 209 Å². The molecule has 0 N–H and O–H groups in total. The third kappa shape index (κ3) is 8.30. The number of hydrogen-bond acceptors (Lipinski definition) is 3. The van der Waals surface area contributed by atoms with Crippen molar-refractivity contribution in [2.24, 2.45) is 0 Å². The number of fused-ring (bicyclic) bond motifs is 4. The maximum absolute atomic E-state index is 6.68. The predicted molar refractivity (Wildman–Crippen MR) is 245 cm³/mol. The van der Waals surface area contributed by atoms with Crippen LogP contribution in [-0.2, 0) is 20.1 Å². The summed E-state index contributed by atoms with van der Waals surface area (Å²) in [7, 11) is 3.93. The van der Waals surface area contributed by atoms with E-state index in [9.17, 15) is 0 Å². The minimum atomic E-state index is -1.89. The van der Waals surface area contributed by atoms with Crippen molar-refractivity contribution in [1.82, 2.24) is 4.98 Å². The van der Waals surface area contributed by atoms with E-state index in [0.717, 1.165) is 61.0 Å². The van der Waals surface area contributed by atoms with E-state index in [1.807, 2.05) is 83.6 Å². The van der Waals surface area contributed by atoms with Crippen molar-refractivity contribution in [3.63, 3.8) is 0 Å². The van der Waals surface area contributed by atoms with Gasteiger partial charge in [0.15, 0.2) is 0 Å². The van der Waals surface area contributed by atoms with E-state index in [-0.39, 0.29) is 20.1 Å². The van der Waals surface area contributed by atoms with Crippen LogP contribution < -0.4 is 8.96 Å². The predicted octanol–water partition coefficient (Wildman–Crippen LogP) is 13.8. The molecule has 3 heterocycles. The van der Waals surface area contributed by atoms with Gasteiger partial charge in [0.05, 0.1) is 17.5 Å². The van der Waals surface area contributed by atoms with E-state index < -0.39 is 13.3 Å². The van der Waals surface area contributed by atoms with E-state index in [1.165, 1.54) is 32.2 Å². The fraction of sp³-hybridized carbons (Fsp3) is 0.170. The second-order valence-corrected chi connectivity index (χ2v) is 27.4. The molecule has 0 fully saturated rings. The van der Waals surface area contributed by atoms with Gasteiger partial charge in [-0.05, 0) is 11.6 Å². The molecule has 9 rings (SSSR count). The minimum Gasteiger partial charge on any atom is -0.343 e. The number of furan rings is 1. The van der Waals surface area contributed by atoms with Crippen LogP contribution in [0.3, 0.4) is 0 Å². The average Bonchev–Trinajstić information content (AvgIpc) is 3.83. The second kappa shape index (κ2) is 17.1. The number of pyridine rings is 1. The number of rotatable bonds is 7.